The second-order valence-corrected chi connectivity index (χ2v) is 13.6. The Morgan fingerprint density at radius 1 is 1.09 bits per heavy atom. The number of likely N-dealkylation sites (N-methyl/N-ethyl adjacent to an activating group) is 1. The Labute approximate surface area is 263 Å². The summed E-state index contributed by atoms with van der Waals surface area (Å²) in [5, 5.41) is 0.913. The number of hydrogen-bond acceptors (Lipinski definition) is 7. The van der Waals surface area contributed by atoms with E-state index in [1.165, 1.54) is 6.08 Å². The molecule has 1 saturated carbocycles. The SMILES string of the molecule is C=CC(=O)N1C[C@H](C)N(c2nc(N3CC(N(C)C)C3)nc3c(F)c(-c4c(C)ccc5c4C(C4CC4)N=C5)c(Cl)cc23)C[C@H]1C. The number of piperazine rings is 1. The van der Waals surface area contributed by atoms with E-state index in [2.05, 4.69) is 48.4 Å². The predicted molar refractivity (Wildman–Crippen MR) is 176 cm³/mol. The van der Waals surface area contributed by atoms with E-state index in [-0.39, 0.29) is 29.5 Å². The molecule has 3 atom stereocenters. The summed E-state index contributed by atoms with van der Waals surface area (Å²) in [5.41, 5.74) is 4.56. The van der Waals surface area contributed by atoms with Crippen molar-refractivity contribution in [2.24, 2.45) is 10.9 Å². The summed E-state index contributed by atoms with van der Waals surface area (Å²) in [5.74, 6) is 1.12. The van der Waals surface area contributed by atoms with Crippen LogP contribution in [0.15, 0.2) is 35.8 Å². The fraction of sp³-hybridized carbons (Fsp3) is 0.471. The molecule has 0 radical (unpaired) electrons. The first-order valence-corrected chi connectivity index (χ1v) is 15.9. The Hall–Kier alpha value is -3.56. The number of carbonyl (C=O) groups is 1. The van der Waals surface area contributed by atoms with Gasteiger partial charge < -0.3 is 19.6 Å². The number of fused-ring (bicyclic) bond motifs is 2. The molecule has 4 heterocycles. The number of anilines is 2. The molecular formula is C34H39ClFN7O. The molecular weight excluding hydrogens is 577 g/mol. The van der Waals surface area contributed by atoms with Gasteiger partial charge in [0.05, 0.1) is 11.1 Å². The number of halogens is 2. The predicted octanol–water partition coefficient (Wildman–Crippen LogP) is 5.64. The summed E-state index contributed by atoms with van der Waals surface area (Å²) >= 11 is 7.08. The molecule has 0 N–H and O–H groups in total. The number of rotatable bonds is 6. The average Bonchev–Trinajstić information content (AvgIpc) is 3.72. The minimum Gasteiger partial charge on any atom is -0.349 e. The van der Waals surface area contributed by atoms with Crippen molar-refractivity contribution in [2.45, 2.75) is 57.8 Å². The van der Waals surface area contributed by atoms with Gasteiger partial charge in [0.25, 0.3) is 0 Å². The highest BCUT2D eigenvalue weighted by Gasteiger charge is 2.39. The molecule has 1 unspecified atom stereocenters. The highest BCUT2D eigenvalue weighted by molar-refractivity contribution is 6.34. The van der Waals surface area contributed by atoms with Crippen molar-refractivity contribution in [3.63, 3.8) is 0 Å². The van der Waals surface area contributed by atoms with Gasteiger partial charge in [-0.15, -0.1) is 0 Å². The van der Waals surface area contributed by atoms with Crippen LogP contribution in [0.4, 0.5) is 16.2 Å². The average molecular weight is 616 g/mol. The van der Waals surface area contributed by atoms with Crippen LogP contribution >= 0.6 is 11.6 Å². The maximum absolute atomic E-state index is 17.2. The van der Waals surface area contributed by atoms with Crippen molar-refractivity contribution in [3.8, 4) is 11.1 Å². The summed E-state index contributed by atoms with van der Waals surface area (Å²) in [6.45, 7) is 12.4. The number of nitrogens with zero attached hydrogens (tertiary/aromatic N) is 7. The molecule has 230 valence electrons. The normalized spacial score (nSPS) is 23.5. The van der Waals surface area contributed by atoms with E-state index >= 15 is 4.39 Å². The highest BCUT2D eigenvalue weighted by Crippen LogP contribution is 2.51. The van der Waals surface area contributed by atoms with E-state index in [4.69, 9.17) is 26.6 Å². The first-order valence-electron chi connectivity index (χ1n) is 15.5. The van der Waals surface area contributed by atoms with E-state index in [1.54, 1.807) is 0 Å². The molecule has 2 saturated heterocycles. The van der Waals surface area contributed by atoms with Crippen LogP contribution in [0.1, 0.15) is 49.4 Å². The minimum atomic E-state index is -0.429. The third-order valence-electron chi connectivity index (χ3n) is 9.92. The maximum Gasteiger partial charge on any atom is 0.246 e. The van der Waals surface area contributed by atoms with Crippen molar-refractivity contribution in [1.29, 1.82) is 0 Å². The fourth-order valence-corrected chi connectivity index (χ4v) is 7.35. The van der Waals surface area contributed by atoms with Crippen LogP contribution in [-0.2, 0) is 4.79 Å². The summed E-state index contributed by atoms with van der Waals surface area (Å²) in [7, 11) is 4.13. The Morgan fingerprint density at radius 2 is 1.84 bits per heavy atom. The maximum atomic E-state index is 17.2. The van der Waals surface area contributed by atoms with E-state index in [9.17, 15) is 4.79 Å². The van der Waals surface area contributed by atoms with Crippen LogP contribution in [-0.4, -0.2) is 90.3 Å². The smallest absolute Gasteiger partial charge is 0.246 e. The van der Waals surface area contributed by atoms with Gasteiger partial charge in [0.15, 0.2) is 5.82 Å². The van der Waals surface area contributed by atoms with Gasteiger partial charge in [0.2, 0.25) is 11.9 Å². The zero-order valence-corrected chi connectivity index (χ0v) is 26.8. The number of carbonyl (C=O) groups excluding carboxylic acids is 1. The molecule has 3 aliphatic heterocycles. The molecule has 0 spiro atoms. The van der Waals surface area contributed by atoms with Gasteiger partial charge in [0.1, 0.15) is 11.3 Å². The molecule has 3 fully saturated rings. The number of aryl methyl sites for hydroxylation is 1. The minimum absolute atomic E-state index is 0.0311. The Balaban J connectivity index is 1.40. The lowest BCUT2D eigenvalue weighted by Crippen LogP contribution is -2.59. The molecule has 2 aromatic carbocycles. The summed E-state index contributed by atoms with van der Waals surface area (Å²) < 4.78 is 17.2. The van der Waals surface area contributed by atoms with E-state index in [0.29, 0.717) is 52.8 Å². The quantitative estimate of drug-likeness (QED) is 0.334. The topological polar surface area (TPSA) is 68.2 Å². The number of aliphatic imine (C=N–C) groups is 1. The summed E-state index contributed by atoms with van der Waals surface area (Å²) in [6.07, 6.45) is 5.56. The molecule has 0 bridgehead atoms. The monoisotopic (exact) mass is 615 g/mol. The Kier molecular flexibility index (Phi) is 7.16. The van der Waals surface area contributed by atoms with Gasteiger partial charge in [0, 0.05) is 61.5 Å². The van der Waals surface area contributed by atoms with Crippen molar-refractivity contribution in [1.82, 2.24) is 19.8 Å². The number of aromatic nitrogens is 2. The van der Waals surface area contributed by atoms with Gasteiger partial charge in [-0.3, -0.25) is 9.79 Å². The van der Waals surface area contributed by atoms with Crippen LogP contribution in [0.25, 0.3) is 22.0 Å². The summed E-state index contributed by atoms with van der Waals surface area (Å²) in [6, 6.07) is 6.21. The third kappa shape index (κ3) is 4.67. The zero-order valence-electron chi connectivity index (χ0n) is 26.0. The van der Waals surface area contributed by atoms with Crippen molar-refractivity contribution in [2.75, 3.05) is 50.1 Å². The number of amides is 1. The first-order chi connectivity index (χ1) is 21.1. The van der Waals surface area contributed by atoms with E-state index in [1.807, 2.05) is 37.1 Å². The van der Waals surface area contributed by atoms with Crippen LogP contribution in [0.3, 0.4) is 0 Å². The van der Waals surface area contributed by atoms with Gasteiger partial charge in [-0.25, -0.2) is 9.37 Å². The van der Waals surface area contributed by atoms with E-state index < -0.39 is 5.82 Å². The van der Waals surface area contributed by atoms with Crippen molar-refractivity contribution >= 4 is 46.4 Å². The number of hydrogen-bond donors (Lipinski definition) is 0. The second-order valence-electron chi connectivity index (χ2n) is 13.2. The highest BCUT2D eigenvalue weighted by atomic mass is 35.5. The van der Waals surface area contributed by atoms with Crippen LogP contribution in [0, 0.1) is 18.7 Å². The molecule has 10 heteroatoms. The molecule has 1 amide bonds. The molecule has 1 aliphatic carbocycles. The van der Waals surface area contributed by atoms with E-state index in [0.717, 1.165) is 48.2 Å². The van der Waals surface area contributed by atoms with Crippen molar-refractivity contribution in [3.05, 3.63) is 58.4 Å². The van der Waals surface area contributed by atoms with Gasteiger partial charge in [-0.05, 0) is 88.0 Å². The number of benzene rings is 2. The second kappa shape index (κ2) is 10.8. The Morgan fingerprint density at radius 3 is 2.52 bits per heavy atom. The largest absolute Gasteiger partial charge is 0.349 e. The fourth-order valence-electron chi connectivity index (χ4n) is 7.06. The molecule has 1 aromatic heterocycles. The zero-order chi connectivity index (χ0) is 31.0. The molecule has 4 aliphatic rings. The standard InChI is InChI=1S/C34H39ClFN7O/c1-7-26(44)42-14-20(4)43(15-19(42)3)33-24-12-25(35)29(27-18(2)8-9-22-13-37-31(28(22)27)21-10-11-21)30(36)32(24)38-34(39-33)41-16-23(17-41)40(5)6/h7-9,12-13,19-21,23,31H,1,10-11,14-17H2,2-6H3/t19-,20+,31?/m1/s1. The lowest BCUT2D eigenvalue weighted by atomic mass is 9.87. The van der Waals surface area contributed by atoms with Crippen LogP contribution < -0.4 is 9.80 Å². The molecule has 7 rings (SSSR count). The van der Waals surface area contributed by atoms with Crippen LogP contribution in [0.2, 0.25) is 5.02 Å². The Bertz CT molecular complexity index is 1710. The molecule has 3 aromatic rings. The van der Waals surface area contributed by atoms with Crippen molar-refractivity contribution < 1.29 is 9.18 Å². The molecule has 44 heavy (non-hydrogen) atoms. The lowest BCUT2D eigenvalue weighted by Gasteiger charge is -2.45. The van der Waals surface area contributed by atoms with Gasteiger partial charge in [-0.1, -0.05) is 30.3 Å². The lowest BCUT2D eigenvalue weighted by molar-refractivity contribution is -0.128. The third-order valence-corrected chi connectivity index (χ3v) is 10.2. The summed E-state index contributed by atoms with van der Waals surface area (Å²) in [4.78, 5) is 35.7. The first kappa shape index (κ1) is 29.2. The van der Waals surface area contributed by atoms with Gasteiger partial charge in [-0.2, -0.15) is 4.98 Å². The van der Waals surface area contributed by atoms with Gasteiger partial charge >= 0.3 is 0 Å². The van der Waals surface area contributed by atoms with Crippen LogP contribution in [0.5, 0.6) is 0 Å². The molecule has 8 nitrogen and oxygen atoms in total.